The molecule has 0 amide bonds. The predicted molar refractivity (Wildman–Crippen MR) is 107 cm³/mol. The van der Waals surface area contributed by atoms with E-state index in [9.17, 15) is 5.11 Å². The van der Waals surface area contributed by atoms with E-state index in [0.717, 1.165) is 18.5 Å². The number of hydrogen-bond donors (Lipinski definition) is 1. The molecule has 0 aromatic carbocycles. The first-order valence-electron chi connectivity index (χ1n) is 11.6. The Hall–Kier alpha value is -0.0800. The number of piperidine rings is 1. The summed E-state index contributed by atoms with van der Waals surface area (Å²) in [4.78, 5) is 2.73. The van der Waals surface area contributed by atoms with Gasteiger partial charge in [-0.1, -0.05) is 44.9 Å². The standard InChI is InChI=1S/C23H43NO/c1-19-11-9-12-20(2)24(19)18-10-17-23(25,21-13-5-3-6-14-21)22-15-7-4-8-16-22/h19-22,25H,3-18H2,1-2H3. The maximum Gasteiger partial charge on any atom is 0.0704 e. The molecule has 2 aliphatic carbocycles. The molecule has 0 radical (unpaired) electrons. The zero-order valence-electron chi connectivity index (χ0n) is 17.0. The van der Waals surface area contributed by atoms with Crippen molar-refractivity contribution in [3.8, 4) is 0 Å². The third-order valence-electron chi connectivity index (χ3n) is 7.99. The van der Waals surface area contributed by atoms with E-state index in [1.807, 2.05) is 0 Å². The molecule has 146 valence electrons. The van der Waals surface area contributed by atoms with Crippen LogP contribution >= 0.6 is 0 Å². The van der Waals surface area contributed by atoms with Crippen molar-refractivity contribution in [2.45, 2.75) is 128 Å². The summed E-state index contributed by atoms with van der Waals surface area (Å²) in [5.74, 6) is 1.17. The van der Waals surface area contributed by atoms with Gasteiger partial charge in [-0.05, 0) is 83.6 Å². The fraction of sp³-hybridized carbons (Fsp3) is 1.00. The predicted octanol–water partition coefficient (Wildman–Crippen LogP) is 5.92. The number of nitrogens with zero attached hydrogens (tertiary/aromatic N) is 1. The maximum absolute atomic E-state index is 11.9. The van der Waals surface area contributed by atoms with Gasteiger partial charge in [0, 0.05) is 12.1 Å². The lowest BCUT2D eigenvalue weighted by Gasteiger charge is -2.46. The molecule has 0 spiro atoms. The second-order valence-corrected chi connectivity index (χ2v) is 9.63. The molecular formula is C23H43NO. The molecule has 3 fully saturated rings. The maximum atomic E-state index is 11.9. The van der Waals surface area contributed by atoms with E-state index in [-0.39, 0.29) is 5.60 Å². The average molecular weight is 350 g/mol. The molecule has 2 nitrogen and oxygen atoms in total. The van der Waals surface area contributed by atoms with Crippen LogP contribution in [0.15, 0.2) is 0 Å². The van der Waals surface area contributed by atoms with Crippen molar-refractivity contribution in [3.63, 3.8) is 0 Å². The summed E-state index contributed by atoms with van der Waals surface area (Å²) >= 11 is 0. The van der Waals surface area contributed by atoms with Crippen LogP contribution in [0.2, 0.25) is 0 Å². The minimum absolute atomic E-state index is 0.358. The van der Waals surface area contributed by atoms with E-state index in [1.165, 1.54) is 96.4 Å². The summed E-state index contributed by atoms with van der Waals surface area (Å²) in [6.45, 7) is 6.01. The number of aliphatic hydroxyl groups is 1. The van der Waals surface area contributed by atoms with Gasteiger partial charge in [0.05, 0.1) is 5.60 Å². The lowest BCUT2D eigenvalue weighted by molar-refractivity contribution is -0.100. The Labute approximate surface area is 156 Å². The molecule has 3 rings (SSSR count). The Kier molecular flexibility index (Phi) is 7.26. The van der Waals surface area contributed by atoms with Gasteiger partial charge in [0.25, 0.3) is 0 Å². The molecule has 0 bridgehead atoms. The van der Waals surface area contributed by atoms with Crippen molar-refractivity contribution in [3.05, 3.63) is 0 Å². The van der Waals surface area contributed by atoms with E-state index in [2.05, 4.69) is 18.7 Å². The molecule has 3 aliphatic rings. The van der Waals surface area contributed by atoms with Crippen molar-refractivity contribution in [2.24, 2.45) is 11.8 Å². The lowest BCUT2D eigenvalue weighted by atomic mass is 9.64. The van der Waals surface area contributed by atoms with Crippen molar-refractivity contribution < 1.29 is 5.11 Å². The molecule has 1 aliphatic heterocycles. The fourth-order valence-electron chi connectivity index (χ4n) is 6.41. The second kappa shape index (κ2) is 9.22. The summed E-state index contributed by atoms with van der Waals surface area (Å²) in [5, 5.41) is 11.9. The topological polar surface area (TPSA) is 23.5 Å². The smallest absolute Gasteiger partial charge is 0.0704 e. The highest BCUT2D eigenvalue weighted by Crippen LogP contribution is 2.45. The van der Waals surface area contributed by atoms with Gasteiger partial charge < -0.3 is 5.11 Å². The Morgan fingerprint density at radius 1 is 0.720 bits per heavy atom. The van der Waals surface area contributed by atoms with E-state index >= 15 is 0 Å². The van der Waals surface area contributed by atoms with Crippen LogP contribution in [0.3, 0.4) is 0 Å². The highest BCUT2D eigenvalue weighted by Gasteiger charge is 2.43. The van der Waals surface area contributed by atoms with E-state index in [4.69, 9.17) is 0 Å². The summed E-state index contributed by atoms with van der Waals surface area (Å²) in [6, 6.07) is 1.47. The van der Waals surface area contributed by atoms with E-state index < -0.39 is 0 Å². The van der Waals surface area contributed by atoms with Gasteiger partial charge in [0.2, 0.25) is 0 Å². The SMILES string of the molecule is CC1CCCC(C)N1CCCC(O)(C1CCCCC1)C1CCCCC1. The zero-order valence-corrected chi connectivity index (χ0v) is 17.0. The van der Waals surface area contributed by atoms with Crippen LogP contribution in [0.4, 0.5) is 0 Å². The van der Waals surface area contributed by atoms with Gasteiger partial charge in [0.15, 0.2) is 0 Å². The van der Waals surface area contributed by atoms with Crippen molar-refractivity contribution in [1.29, 1.82) is 0 Å². The van der Waals surface area contributed by atoms with Crippen molar-refractivity contribution >= 4 is 0 Å². The summed E-state index contributed by atoms with van der Waals surface area (Å²) in [7, 11) is 0. The second-order valence-electron chi connectivity index (χ2n) is 9.63. The third kappa shape index (κ3) is 4.80. The number of likely N-dealkylation sites (tertiary alicyclic amines) is 1. The molecule has 1 N–H and O–H groups in total. The summed E-state index contributed by atoms with van der Waals surface area (Å²) < 4.78 is 0. The summed E-state index contributed by atoms with van der Waals surface area (Å²) in [6.07, 6.45) is 19.7. The highest BCUT2D eigenvalue weighted by molar-refractivity contribution is 4.95. The Morgan fingerprint density at radius 2 is 1.20 bits per heavy atom. The highest BCUT2D eigenvalue weighted by atomic mass is 16.3. The van der Waals surface area contributed by atoms with Crippen LogP contribution < -0.4 is 0 Å². The third-order valence-corrected chi connectivity index (χ3v) is 7.99. The summed E-state index contributed by atoms with van der Waals surface area (Å²) in [5.41, 5.74) is -0.358. The molecule has 2 heteroatoms. The molecule has 1 heterocycles. The molecule has 2 unspecified atom stereocenters. The van der Waals surface area contributed by atoms with E-state index in [0.29, 0.717) is 11.8 Å². The van der Waals surface area contributed by atoms with Gasteiger partial charge in [-0.25, -0.2) is 0 Å². The van der Waals surface area contributed by atoms with Crippen LogP contribution in [0.25, 0.3) is 0 Å². The first-order chi connectivity index (χ1) is 12.1. The van der Waals surface area contributed by atoms with Gasteiger partial charge >= 0.3 is 0 Å². The Balaban J connectivity index is 1.60. The monoisotopic (exact) mass is 349 g/mol. The lowest BCUT2D eigenvalue weighted by Crippen LogP contribution is -2.48. The molecule has 1 saturated heterocycles. The first-order valence-corrected chi connectivity index (χ1v) is 11.6. The molecule has 0 aromatic rings. The zero-order chi connectivity index (χ0) is 17.7. The molecule has 2 saturated carbocycles. The molecule has 2 atom stereocenters. The number of rotatable bonds is 6. The van der Waals surface area contributed by atoms with Crippen molar-refractivity contribution in [2.75, 3.05) is 6.54 Å². The van der Waals surface area contributed by atoms with Gasteiger partial charge in [-0.2, -0.15) is 0 Å². The minimum atomic E-state index is -0.358. The van der Waals surface area contributed by atoms with Gasteiger partial charge in [0.1, 0.15) is 0 Å². The fourth-order valence-corrected chi connectivity index (χ4v) is 6.41. The normalized spacial score (nSPS) is 31.3. The van der Waals surface area contributed by atoms with Gasteiger partial charge in [-0.15, -0.1) is 0 Å². The van der Waals surface area contributed by atoms with E-state index in [1.54, 1.807) is 0 Å². The van der Waals surface area contributed by atoms with Crippen molar-refractivity contribution in [1.82, 2.24) is 4.90 Å². The number of hydrogen-bond acceptors (Lipinski definition) is 2. The Morgan fingerprint density at radius 3 is 1.68 bits per heavy atom. The quantitative estimate of drug-likeness (QED) is 0.643. The largest absolute Gasteiger partial charge is 0.389 e. The van der Waals surface area contributed by atoms with Gasteiger partial charge in [-0.3, -0.25) is 4.90 Å². The van der Waals surface area contributed by atoms with Crippen LogP contribution in [0, 0.1) is 11.8 Å². The van der Waals surface area contributed by atoms with Crippen LogP contribution in [-0.4, -0.2) is 34.2 Å². The molecule has 25 heavy (non-hydrogen) atoms. The minimum Gasteiger partial charge on any atom is -0.389 e. The molecule has 0 aromatic heterocycles. The Bertz CT molecular complexity index is 356. The molecular weight excluding hydrogens is 306 g/mol. The van der Waals surface area contributed by atoms with Crippen LogP contribution in [0.5, 0.6) is 0 Å². The average Bonchev–Trinajstić information content (AvgIpc) is 2.65. The first kappa shape index (κ1) is 19.7. The van der Waals surface area contributed by atoms with Crippen LogP contribution in [0.1, 0.15) is 110 Å². The van der Waals surface area contributed by atoms with Crippen LogP contribution in [-0.2, 0) is 0 Å².